The van der Waals surface area contributed by atoms with Crippen molar-refractivity contribution >= 4 is 23.4 Å². The fourth-order valence-electron chi connectivity index (χ4n) is 1.12. The van der Waals surface area contributed by atoms with Crippen molar-refractivity contribution in [2.24, 2.45) is 0 Å². The van der Waals surface area contributed by atoms with Crippen LogP contribution in [0.1, 0.15) is 5.56 Å². The zero-order valence-corrected chi connectivity index (χ0v) is 9.93. The first-order valence-corrected chi connectivity index (χ1v) is 5.81. The number of nitrogens with two attached hydrogens (primary N) is 1. The first kappa shape index (κ1) is 12.5. The second-order valence-electron chi connectivity index (χ2n) is 3.29. The normalized spacial score (nSPS) is 9.50. The Morgan fingerprint density at radius 3 is 3.06 bits per heavy atom. The van der Waals surface area contributed by atoms with Crippen LogP contribution in [0.15, 0.2) is 23.1 Å². The molecule has 16 heavy (non-hydrogen) atoms. The molecule has 84 valence electrons. The number of amides is 1. The van der Waals surface area contributed by atoms with Crippen LogP contribution >= 0.6 is 11.8 Å². The van der Waals surface area contributed by atoms with Gasteiger partial charge in [-0.05, 0) is 24.6 Å². The van der Waals surface area contributed by atoms with Gasteiger partial charge in [-0.2, -0.15) is 0 Å². The number of thioether (sulfide) groups is 1. The number of hydrogen-bond acceptors (Lipinski definition) is 3. The molecular weight excluding hydrogens is 220 g/mol. The van der Waals surface area contributed by atoms with Crippen LogP contribution in [0.2, 0.25) is 0 Å². The molecular formula is C12H14N2OS. The van der Waals surface area contributed by atoms with Crippen molar-refractivity contribution < 1.29 is 4.79 Å². The maximum atomic E-state index is 11.3. The number of anilines is 1. The summed E-state index contributed by atoms with van der Waals surface area (Å²) in [7, 11) is 0. The zero-order valence-electron chi connectivity index (χ0n) is 9.12. The summed E-state index contributed by atoms with van der Waals surface area (Å²) in [6.07, 6.45) is 5.04. The quantitative estimate of drug-likeness (QED) is 0.470. The lowest BCUT2D eigenvalue weighted by Gasteiger charge is -2.06. The van der Waals surface area contributed by atoms with Gasteiger partial charge in [-0.3, -0.25) is 4.79 Å². The van der Waals surface area contributed by atoms with Gasteiger partial charge in [0.25, 0.3) is 0 Å². The minimum atomic E-state index is -0.0650. The van der Waals surface area contributed by atoms with Crippen LogP contribution in [0.4, 0.5) is 5.69 Å². The second-order valence-corrected chi connectivity index (χ2v) is 4.31. The van der Waals surface area contributed by atoms with Gasteiger partial charge in [0.15, 0.2) is 0 Å². The van der Waals surface area contributed by atoms with Crippen molar-refractivity contribution in [3.63, 3.8) is 0 Å². The van der Waals surface area contributed by atoms with Crippen molar-refractivity contribution in [3.8, 4) is 12.3 Å². The number of nitrogens with one attached hydrogen (secondary N) is 1. The zero-order chi connectivity index (χ0) is 12.0. The molecule has 0 heterocycles. The van der Waals surface area contributed by atoms with Gasteiger partial charge in [-0.25, -0.2) is 0 Å². The van der Waals surface area contributed by atoms with E-state index in [1.54, 1.807) is 0 Å². The van der Waals surface area contributed by atoms with E-state index in [0.29, 0.717) is 11.4 Å². The van der Waals surface area contributed by atoms with Gasteiger partial charge in [-0.1, -0.05) is 12.0 Å². The predicted molar refractivity (Wildman–Crippen MR) is 68.2 cm³/mol. The molecule has 1 rings (SSSR count). The van der Waals surface area contributed by atoms with Gasteiger partial charge < -0.3 is 11.1 Å². The summed E-state index contributed by atoms with van der Waals surface area (Å²) >= 11 is 1.46. The highest BCUT2D eigenvalue weighted by atomic mass is 32.2. The summed E-state index contributed by atoms with van der Waals surface area (Å²) < 4.78 is 0. The van der Waals surface area contributed by atoms with Crippen LogP contribution < -0.4 is 11.1 Å². The van der Waals surface area contributed by atoms with Gasteiger partial charge in [0, 0.05) is 10.6 Å². The lowest BCUT2D eigenvalue weighted by atomic mass is 10.2. The van der Waals surface area contributed by atoms with E-state index in [0.717, 1.165) is 10.5 Å². The van der Waals surface area contributed by atoms with E-state index in [1.165, 1.54) is 11.8 Å². The van der Waals surface area contributed by atoms with E-state index in [1.807, 2.05) is 25.1 Å². The Hall–Kier alpha value is -1.60. The first-order valence-electron chi connectivity index (χ1n) is 4.82. The molecule has 1 aromatic rings. The van der Waals surface area contributed by atoms with Crippen molar-refractivity contribution in [2.45, 2.75) is 11.8 Å². The third-order valence-electron chi connectivity index (χ3n) is 1.96. The van der Waals surface area contributed by atoms with Crippen molar-refractivity contribution in [1.82, 2.24) is 5.32 Å². The molecule has 3 nitrogen and oxygen atoms in total. The molecule has 0 saturated carbocycles. The molecule has 0 bridgehead atoms. The minimum absolute atomic E-state index is 0.0650. The van der Waals surface area contributed by atoms with Crippen LogP contribution in [0.25, 0.3) is 0 Å². The lowest BCUT2D eigenvalue weighted by Crippen LogP contribution is -2.25. The van der Waals surface area contributed by atoms with Crippen molar-refractivity contribution in [1.29, 1.82) is 0 Å². The summed E-state index contributed by atoms with van der Waals surface area (Å²) in [5.41, 5.74) is 7.49. The molecule has 0 spiro atoms. The lowest BCUT2D eigenvalue weighted by molar-refractivity contribution is -0.118. The van der Waals surface area contributed by atoms with E-state index in [4.69, 9.17) is 12.2 Å². The van der Waals surface area contributed by atoms with E-state index in [2.05, 4.69) is 11.2 Å². The molecule has 0 atom stereocenters. The number of hydrogen-bond donors (Lipinski definition) is 2. The second kappa shape index (κ2) is 6.09. The smallest absolute Gasteiger partial charge is 0.231 e. The SMILES string of the molecule is C#CCNC(=O)CSc1cc(N)ccc1C. The van der Waals surface area contributed by atoms with Crippen LogP contribution in [-0.4, -0.2) is 18.2 Å². The fraction of sp³-hybridized carbons (Fsp3) is 0.250. The summed E-state index contributed by atoms with van der Waals surface area (Å²) in [5.74, 6) is 2.64. The highest BCUT2D eigenvalue weighted by Crippen LogP contribution is 2.24. The third-order valence-corrected chi connectivity index (χ3v) is 3.12. The van der Waals surface area contributed by atoms with Gasteiger partial charge in [-0.15, -0.1) is 18.2 Å². The fourth-order valence-corrected chi connectivity index (χ4v) is 2.02. The van der Waals surface area contributed by atoms with Gasteiger partial charge in [0.2, 0.25) is 5.91 Å². The monoisotopic (exact) mass is 234 g/mol. The number of carbonyl (C=O) groups is 1. The molecule has 0 aromatic heterocycles. The molecule has 1 amide bonds. The molecule has 0 unspecified atom stereocenters. The molecule has 0 aliphatic carbocycles. The number of carbonyl (C=O) groups excluding carboxylic acids is 1. The Labute approximate surface area is 99.8 Å². The molecule has 4 heteroatoms. The predicted octanol–water partition coefficient (Wildman–Crippen LogP) is 1.42. The van der Waals surface area contributed by atoms with Crippen LogP contribution in [0.3, 0.4) is 0 Å². The number of terminal acetylenes is 1. The summed E-state index contributed by atoms with van der Waals surface area (Å²) in [4.78, 5) is 12.3. The number of benzene rings is 1. The van der Waals surface area contributed by atoms with Crippen LogP contribution in [0.5, 0.6) is 0 Å². The third kappa shape index (κ3) is 3.87. The molecule has 0 radical (unpaired) electrons. The standard InChI is InChI=1S/C12H14N2OS/c1-3-6-14-12(15)8-16-11-7-10(13)5-4-9(11)2/h1,4-5,7H,6,8,13H2,2H3,(H,14,15). The largest absolute Gasteiger partial charge is 0.399 e. The number of nitrogen functional groups attached to an aromatic ring is 1. The number of aryl methyl sites for hydroxylation is 1. The Morgan fingerprint density at radius 1 is 1.62 bits per heavy atom. The minimum Gasteiger partial charge on any atom is -0.399 e. The van der Waals surface area contributed by atoms with Crippen molar-refractivity contribution in [3.05, 3.63) is 23.8 Å². The Bertz CT molecular complexity index is 424. The Kier molecular flexibility index (Phi) is 4.74. The Balaban J connectivity index is 2.51. The van der Waals surface area contributed by atoms with Crippen LogP contribution in [-0.2, 0) is 4.79 Å². The molecule has 0 fully saturated rings. The maximum Gasteiger partial charge on any atom is 0.231 e. The van der Waals surface area contributed by atoms with Gasteiger partial charge in [0.05, 0.1) is 12.3 Å². The van der Waals surface area contributed by atoms with Gasteiger partial charge in [0.1, 0.15) is 0 Å². The van der Waals surface area contributed by atoms with Gasteiger partial charge >= 0.3 is 0 Å². The highest BCUT2D eigenvalue weighted by Gasteiger charge is 2.04. The molecule has 0 saturated heterocycles. The molecule has 3 N–H and O–H groups in total. The topological polar surface area (TPSA) is 55.1 Å². The van der Waals surface area contributed by atoms with E-state index >= 15 is 0 Å². The molecule has 0 aliphatic rings. The average Bonchev–Trinajstić information content (AvgIpc) is 2.27. The molecule has 0 aliphatic heterocycles. The number of rotatable bonds is 4. The summed E-state index contributed by atoms with van der Waals surface area (Å²) in [6.45, 7) is 2.26. The molecule has 1 aromatic carbocycles. The maximum absolute atomic E-state index is 11.3. The average molecular weight is 234 g/mol. The van der Waals surface area contributed by atoms with E-state index in [9.17, 15) is 4.79 Å². The van der Waals surface area contributed by atoms with Crippen molar-refractivity contribution in [2.75, 3.05) is 18.0 Å². The van der Waals surface area contributed by atoms with E-state index < -0.39 is 0 Å². The highest BCUT2D eigenvalue weighted by molar-refractivity contribution is 8.00. The summed E-state index contributed by atoms with van der Waals surface area (Å²) in [5, 5.41) is 2.61. The Morgan fingerprint density at radius 2 is 2.38 bits per heavy atom. The van der Waals surface area contributed by atoms with Crippen LogP contribution in [0, 0.1) is 19.3 Å². The summed E-state index contributed by atoms with van der Waals surface area (Å²) in [6, 6.07) is 5.66. The van der Waals surface area contributed by atoms with E-state index in [-0.39, 0.29) is 12.5 Å². The first-order chi connectivity index (χ1) is 7.63.